The van der Waals surface area contributed by atoms with Crippen LogP contribution in [-0.2, 0) is 4.74 Å². The SMILES string of the molecule is CCOCCOc1ccc(C(C)N)nc1. The van der Waals surface area contributed by atoms with Gasteiger partial charge in [0, 0.05) is 12.6 Å². The molecule has 0 amide bonds. The van der Waals surface area contributed by atoms with E-state index in [1.54, 1.807) is 6.20 Å². The van der Waals surface area contributed by atoms with E-state index >= 15 is 0 Å². The Morgan fingerprint density at radius 2 is 2.20 bits per heavy atom. The fourth-order valence-corrected chi connectivity index (χ4v) is 1.11. The maximum atomic E-state index is 5.68. The first-order valence-corrected chi connectivity index (χ1v) is 5.16. The predicted octanol–water partition coefficient (Wildman–Crippen LogP) is 1.52. The summed E-state index contributed by atoms with van der Waals surface area (Å²) in [7, 11) is 0. The largest absolute Gasteiger partial charge is 0.490 e. The fourth-order valence-electron chi connectivity index (χ4n) is 1.11. The summed E-state index contributed by atoms with van der Waals surface area (Å²) < 4.78 is 10.6. The van der Waals surface area contributed by atoms with Crippen molar-refractivity contribution < 1.29 is 9.47 Å². The van der Waals surface area contributed by atoms with E-state index in [1.807, 2.05) is 26.0 Å². The first-order valence-electron chi connectivity index (χ1n) is 5.16. The van der Waals surface area contributed by atoms with Crippen LogP contribution in [0.2, 0.25) is 0 Å². The molecule has 1 atom stereocenters. The summed E-state index contributed by atoms with van der Waals surface area (Å²) in [4.78, 5) is 4.19. The van der Waals surface area contributed by atoms with Gasteiger partial charge in [-0.3, -0.25) is 4.98 Å². The molecule has 0 fully saturated rings. The number of hydrogen-bond donors (Lipinski definition) is 1. The van der Waals surface area contributed by atoms with Gasteiger partial charge in [0.05, 0.1) is 18.5 Å². The minimum atomic E-state index is -0.0394. The first-order chi connectivity index (χ1) is 7.24. The van der Waals surface area contributed by atoms with Gasteiger partial charge >= 0.3 is 0 Å². The first kappa shape index (κ1) is 11.9. The highest BCUT2D eigenvalue weighted by atomic mass is 16.5. The zero-order valence-corrected chi connectivity index (χ0v) is 9.27. The van der Waals surface area contributed by atoms with Gasteiger partial charge in [0.1, 0.15) is 12.4 Å². The summed E-state index contributed by atoms with van der Waals surface area (Å²) in [5, 5.41) is 0. The van der Waals surface area contributed by atoms with Crippen LogP contribution in [0.25, 0.3) is 0 Å². The van der Waals surface area contributed by atoms with Crippen molar-refractivity contribution in [1.29, 1.82) is 0 Å². The smallest absolute Gasteiger partial charge is 0.137 e. The molecule has 0 aliphatic heterocycles. The van der Waals surface area contributed by atoms with Crippen molar-refractivity contribution in [2.45, 2.75) is 19.9 Å². The molecule has 0 radical (unpaired) electrons. The lowest BCUT2D eigenvalue weighted by Crippen LogP contribution is -2.08. The highest BCUT2D eigenvalue weighted by molar-refractivity contribution is 5.21. The number of ether oxygens (including phenoxy) is 2. The van der Waals surface area contributed by atoms with E-state index in [0.29, 0.717) is 19.8 Å². The third-order valence-corrected chi connectivity index (χ3v) is 1.93. The van der Waals surface area contributed by atoms with Gasteiger partial charge in [0.25, 0.3) is 0 Å². The van der Waals surface area contributed by atoms with Crippen molar-refractivity contribution in [3.05, 3.63) is 24.0 Å². The van der Waals surface area contributed by atoms with Crippen molar-refractivity contribution in [3.63, 3.8) is 0 Å². The Hall–Kier alpha value is -1.13. The van der Waals surface area contributed by atoms with E-state index in [0.717, 1.165) is 11.4 Å². The Kier molecular flexibility index (Phi) is 5.07. The summed E-state index contributed by atoms with van der Waals surface area (Å²) in [6, 6.07) is 3.71. The lowest BCUT2D eigenvalue weighted by Gasteiger charge is -2.07. The molecule has 0 saturated heterocycles. The number of aromatic nitrogens is 1. The minimum absolute atomic E-state index is 0.0394. The van der Waals surface area contributed by atoms with Crippen molar-refractivity contribution in [1.82, 2.24) is 4.98 Å². The molecule has 15 heavy (non-hydrogen) atoms. The van der Waals surface area contributed by atoms with Gasteiger partial charge in [-0.25, -0.2) is 0 Å². The molecule has 0 spiro atoms. The zero-order chi connectivity index (χ0) is 11.1. The molecular weight excluding hydrogens is 192 g/mol. The molecule has 4 heteroatoms. The van der Waals surface area contributed by atoms with Crippen LogP contribution in [0.5, 0.6) is 5.75 Å². The molecule has 1 aromatic heterocycles. The molecule has 2 N–H and O–H groups in total. The van der Waals surface area contributed by atoms with Crippen LogP contribution in [0.1, 0.15) is 25.6 Å². The second-order valence-corrected chi connectivity index (χ2v) is 3.25. The molecule has 1 aromatic rings. The second-order valence-electron chi connectivity index (χ2n) is 3.25. The van der Waals surface area contributed by atoms with Crippen LogP contribution in [0, 0.1) is 0 Å². The summed E-state index contributed by atoms with van der Waals surface area (Å²) in [6.07, 6.45) is 1.69. The van der Waals surface area contributed by atoms with Crippen LogP contribution >= 0.6 is 0 Å². The molecule has 0 bridgehead atoms. The molecule has 1 heterocycles. The fraction of sp³-hybridized carbons (Fsp3) is 0.545. The number of nitrogens with zero attached hydrogens (tertiary/aromatic N) is 1. The van der Waals surface area contributed by atoms with E-state index in [4.69, 9.17) is 15.2 Å². The Labute approximate surface area is 90.4 Å². The van der Waals surface area contributed by atoms with Crippen LogP contribution in [-0.4, -0.2) is 24.8 Å². The molecule has 0 aliphatic rings. The summed E-state index contributed by atoms with van der Waals surface area (Å²) in [5.41, 5.74) is 6.55. The van der Waals surface area contributed by atoms with E-state index < -0.39 is 0 Å². The Balaban J connectivity index is 2.36. The lowest BCUT2D eigenvalue weighted by atomic mass is 10.2. The number of nitrogens with two attached hydrogens (primary N) is 1. The van der Waals surface area contributed by atoms with Crippen molar-refractivity contribution in [3.8, 4) is 5.75 Å². The highest BCUT2D eigenvalue weighted by Gasteiger charge is 2.00. The van der Waals surface area contributed by atoms with Crippen LogP contribution in [0.4, 0.5) is 0 Å². The van der Waals surface area contributed by atoms with Gasteiger partial charge in [0.15, 0.2) is 0 Å². The number of hydrogen-bond acceptors (Lipinski definition) is 4. The van der Waals surface area contributed by atoms with E-state index in [1.165, 1.54) is 0 Å². The third kappa shape index (κ3) is 4.27. The third-order valence-electron chi connectivity index (χ3n) is 1.93. The standard InChI is InChI=1S/C11H18N2O2/c1-3-14-6-7-15-10-4-5-11(9(2)12)13-8-10/h4-5,8-9H,3,6-7,12H2,1-2H3. The van der Waals surface area contributed by atoms with E-state index in [9.17, 15) is 0 Å². The molecule has 4 nitrogen and oxygen atoms in total. The molecule has 0 saturated carbocycles. The average molecular weight is 210 g/mol. The maximum absolute atomic E-state index is 5.68. The second kappa shape index (κ2) is 6.37. The monoisotopic (exact) mass is 210 g/mol. The van der Waals surface area contributed by atoms with Gasteiger partial charge in [-0.05, 0) is 26.0 Å². The zero-order valence-electron chi connectivity index (χ0n) is 9.27. The summed E-state index contributed by atoms with van der Waals surface area (Å²) >= 11 is 0. The van der Waals surface area contributed by atoms with Crippen LogP contribution in [0.15, 0.2) is 18.3 Å². The molecular formula is C11H18N2O2. The average Bonchev–Trinajstić information content (AvgIpc) is 2.25. The quantitative estimate of drug-likeness (QED) is 0.723. The van der Waals surface area contributed by atoms with Gasteiger partial charge in [-0.2, -0.15) is 0 Å². The van der Waals surface area contributed by atoms with Crippen LogP contribution < -0.4 is 10.5 Å². The van der Waals surface area contributed by atoms with Crippen molar-refractivity contribution in [2.75, 3.05) is 19.8 Å². The summed E-state index contributed by atoms with van der Waals surface area (Å²) in [6.45, 7) is 5.72. The Bertz CT molecular complexity index is 272. The molecule has 0 aliphatic carbocycles. The minimum Gasteiger partial charge on any atom is -0.490 e. The maximum Gasteiger partial charge on any atom is 0.137 e. The summed E-state index contributed by atoms with van der Waals surface area (Å²) in [5.74, 6) is 0.749. The Morgan fingerprint density at radius 3 is 2.73 bits per heavy atom. The van der Waals surface area contributed by atoms with Gasteiger partial charge in [0.2, 0.25) is 0 Å². The van der Waals surface area contributed by atoms with E-state index in [2.05, 4.69) is 4.98 Å². The predicted molar refractivity (Wildman–Crippen MR) is 58.8 cm³/mol. The highest BCUT2D eigenvalue weighted by Crippen LogP contribution is 2.12. The van der Waals surface area contributed by atoms with Gasteiger partial charge in [-0.15, -0.1) is 0 Å². The van der Waals surface area contributed by atoms with Crippen molar-refractivity contribution >= 4 is 0 Å². The van der Waals surface area contributed by atoms with E-state index in [-0.39, 0.29) is 6.04 Å². The topological polar surface area (TPSA) is 57.4 Å². The van der Waals surface area contributed by atoms with Gasteiger partial charge in [-0.1, -0.05) is 0 Å². The van der Waals surface area contributed by atoms with Gasteiger partial charge < -0.3 is 15.2 Å². The molecule has 1 unspecified atom stereocenters. The van der Waals surface area contributed by atoms with Crippen molar-refractivity contribution in [2.24, 2.45) is 5.73 Å². The Morgan fingerprint density at radius 1 is 1.40 bits per heavy atom. The molecule has 0 aromatic carbocycles. The molecule has 1 rings (SSSR count). The number of rotatable bonds is 6. The normalized spacial score (nSPS) is 12.5. The van der Waals surface area contributed by atoms with Crippen LogP contribution in [0.3, 0.4) is 0 Å². The molecule has 84 valence electrons. The lowest BCUT2D eigenvalue weighted by molar-refractivity contribution is 0.110. The number of pyridine rings is 1.